The Labute approximate surface area is 153 Å². The van der Waals surface area contributed by atoms with Gasteiger partial charge in [0.15, 0.2) is 0 Å². The minimum atomic E-state index is -0.567. The Morgan fingerprint density at radius 3 is 2.92 bits per heavy atom. The first kappa shape index (κ1) is 15.8. The summed E-state index contributed by atoms with van der Waals surface area (Å²) < 4.78 is 2.21. The van der Waals surface area contributed by atoms with Crippen LogP contribution in [0.3, 0.4) is 0 Å². The first-order valence-corrected chi connectivity index (χ1v) is 9.49. The number of fused-ring (bicyclic) bond motifs is 2. The molecule has 5 nitrogen and oxygen atoms in total. The lowest BCUT2D eigenvalue weighted by atomic mass is 10.1. The fraction of sp³-hybridized carbons (Fsp3) is 0.429. The highest BCUT2D eigenvalue weighted by atomic mass is 16.3. The summed E-state index contributed by atoms with van der Waals surface area (Å²) in [6, 6.07) is 11.4. The molecule has 134 valence electrons. The first-order valence-electron chi connectivity index (χ1n) is 9.49. The van der Waals surface area contributed by atoms with E-state index in [1.54, 1.807) is 6.33 Å². The average molecular weight is 348 g/mol. The second kappa shape index (κ2) is 5.81. The van der Waals surface area contributed by atoms with Gasteiger partial charge >= 0.3 is 0 Å². The summed E-state index contributed by atoms with van der Waals surface area (Å²) in [4.78, 5) is 9.07. The Morgan fingerprint density at radius 1 is 1.19 bits per heavy atom. The third-order valence-corrected chi connectivity index (χ3v) is 6.04. The van der Waals surface area contributed by atoms with Crippen molar-refractivity contribution in [3.05, 3.63) is 54.0 Å². The van der Waals surface area contributed by atoms with Gasteiger partial charge in [-0.05, 0) is 56.2 Å². The van der Waals surface area contributed by atoms with Crippen molar-refractivity contribution in [1.29, 1.82) is 0 Å². The van der Waals surface area contributed by atoms with Crippen LogP contribution in [0.25, 0.3) is 11.0 Å². The largest absolute Gasteiger partial charge is 0.390 e. The molecule has 3 aromatic rings. The number of rotatable bonds is 3. The number of anilines is 1. The van der Waals surface area contributed by atoms with Gasteiger partial charge in [-0.1, -0.05) is 24.3 Å². The molecule has 1 fully saturated rings. The number of nitrogens with zero attached hydrogens (tertiary/aromatic N) is 3. The summed E-state index contributed by atoms with van der Waals surface area (Å²) in [5, 5.41) is 15.0. The van der Waals surface area contributed by atoms with E-state index < -0.39 is 5.60 Å². The van der Waals surface area contributed by atoms with E-state index in [2.05, 4.69) is 56.4 Å². The van der Waals surface area contributed by atoms with Gasteiger partial charge in [0, 0.05) is 12.2 Å². The van der Waals surface area contributed by atoms with Gasteiger partial charge in [0.25, 0.3) is 0 Å². The van der Waals surface area contributed by atoms with Crippen LogP contribution < -0.4 is 5.32 Å². The lowest BCUT2D eigenvalue weighted by Gasteiger charge is -2.18. The minimum Gasteiger partial charge on any atom is -0.390 e. The Morgan fingerprint density at radius 2 is 2.08 bits per heavy atom. The fourth-order valence-electron chi connectivity index (χ4n) is 4.68. The normalized spacial score (nSPS) is 27.8. The van der Waals surface area contributed by atoms with E-state index in [-0.39, 0.29) is 0 Å². The molecule has 1 aromatic carbocycles. The first-order chi connectivity index (χ1) is 12.6. The molecule has 2 aliphatic rings. The van der Waals surface area contributed by atoms with Gasteiger partial charge in [-0.2, -0.15) is 0 Å². The molecular formula is C21H24N4O. The van der Waals surface area contributed by atoms with Crippen LogP contribution in [0.2, 0.25) is 0 Å². The average Bonchev–Trinajstić information content (AvgIpc) is 3.32. The molecule has 2 aliphatic carbocycles. The lowest BCUT2D eigenvalue weighted by Crippen LogP contribution is -2.19. The van der Waals surface area contributed by atoms with Crippen molar-refractivity contribution >= 4 is 16.9 Å². The molecule has 0 unspecified atom stereocenters. The molecule has 2 aromatic heterocycles. The van der Waals surface area contributed by atoms with E-state index in [9.17, 15) is 5.11 Å². The second-order valence-electron chi connectivity index (χ2n) is 8.01. The van der Waals surface area contributed by atoms with Crippen molar-refractivity contribution < 1.29 is 5.11 Å². The van der Waals surface area contributed by atoms with Crippen LogP contribution in [0.1, 0.15) is 55.8 Å². The van der Waals surface area contributed by atoms with Crippen LogP contribution in [0.5, 0.6) is 0 Å². The predicted molar refractivity (Wildman–Crippen MR) is 102 cm³/mol. The Kier molecular flexibility index (Phi) is 3.54. The van der Waals surface area contributed by atoms with Gasteiger partial charge in [-0.3, -0.25) is 0 Å². The second-order valence-corrected chi connectivity index (χ2v) is 8.01. The maximum atomic E-state index is 10.3. The SMILES string of the molecule is C[C@@]1(O)CC[C@@H](n2ccc3c(N[C@H]4CCc5ccccc54)ncnc32)C1. The molecule has 0 radical (unpaired) electrons. The molecule has 0 bridgehead atoms. The molecule has 0 saturated heterocycles. The van der Waals surface area contributed by atoms with Gasteiger partial charge in [-0.15, -0.1) is 0 Å². The number of aromatic nitrogens is 3. The lowest BCUT2D eigenvalue weighted by molar-refractivity contribution is 0.0643. The molecule has 3 atom stereocenters. The quantitative estimate of drug-likeness (QED) is 0.751. The molecule has 5 rings (SSSR count). The Hall–Kier alpha value is -2.40. The third-order valence-electron chi connectivity index (χ3n) is 6.04. The predicted octanol–water partition coefficient (Wildman–Crippen LogP) is 4.01. The maximum Gasteiger partial charge on any atom is 0.145 e. The van der Waals surface area contributed by atoms with Gasteiger partial charge in [0.2, 0.25) is 0 Å². The monoisotopic (exact) mass is 348 g/mol. The molecule has 26 heavy (non-hydrogen) atoms. The molecular weight excluding hydrogens is 324 g/mol. The summed E-state index contributed by atoms with van der Waals surface area (Å²) in [5.41, 5.74) is 3.20. The van der Waals surface area contributed by atoms with E-state index in [0.29, 0.717) is 12.1 Å². The van der Waals surface area contributed by atoms with E-state index in [4.69, 9.17) is 0 Å². The summed E-state index contributed by atoms with van der Waals surface area (Å²) in [5.74, 6) is 0.903. The Balaban J connectivity index is 1.47. The van der Waals surface area contributed by atoms with Gasteiger partial charge in [0.1, 0.15) is 17.8 Å². The molecule has 0 amide bonds. The highest BCUT2D eigenvalue weighted by Gasteiger charge is 2.34. The standard InChI is InChI=1S/C21H24N4O/c1-21(26)10-8-15(12-21)25-11-9-17-19(22-13-23-20(17)25)24-18-7-6-14-4-2-3-5-16(14)18/h2-5,9,11,13,15,18,26H,6-8,10,12H2,1H3,(H,22,23,24)/t15-,18+,21-/m1/s1. The summed E-state index contributed by atoms with van der Waals surface area (Å²) in [7, 11) is 0. The highest BCUT2D eigenvalue weighted by Crippen LogP contribution is 2.40. The molecule has 1 saturated carbocycles. The van der Waals surface area contributed by atoms with E-state index in [1.165, 1.54) is 11.1 Å². The number of aryl methyl sites for hydroxylation is 1. The number of hydrogen-bond acceptors (Lipinski definition) is 4. The van der Waals surface area contributed by atoms with Gasteiger partial charge < -0.3 is 15.0 Å². The third kappa shape index (κ3) is 2.58. The van der Waals surface area contributed by atoms with Crippen molar-refractivity contribution in [1.82, 2.24) is 14.5 Å². The molecule has 2 heterocycles. The van der Waals surface area contributed by atoms with E-state index >= 15 is 0 Å². The summed E-state index contributed by atoms with van der Waals surface area (Å²) in [6.07, 6.45) is 8.55. The number of hydrogen-bond donors (Lipinski definition) is 2. The van der Waals surface area contributed by atoms with Crippen LogP contribution in [0.4, 0.5) is 5.82 Å². The zero-order valence-corrected chi connectivity index (χ0v) is 15.0. The van der Waals surface area contributed by atoms with Crippen molar-refractivity contribution in [3.8, 4) is 0 Å². The molecule has 0 aliphatic heterocycles. The zero-order chi connectivity index (χ0) is 17.7. The van der Waals surface area contributed by atoms with Crippen LogP contribution in [-0.4, -0.2) is 25.2 Å². The highest BCUT2D eigenvalue weighted by molar-refractivity contribution is 5.87. The van der Waals surface area contributed by atoms with Crippen molar-refractivity contribution in [2.45, 2.75) is 56.7 Å². The molecule has 2 N–H and O–H groups in total. The molecule has 5 heteroatoms. The smallest absolute Gasteiger partial charge is 0.145 e. The van der Waals surface area contributed by atoms with Crippen LogP contribution >= 0.6 is 0 Å². The van der Waals surface area contributed by atoms with Crippen molar-refractivity contribution in [3.63, 3.8) is 0 Å². The number of aliphatic hydroxyl groups is 1. The Bertz CT molecular complexity index is 962. The van der Waals surface area contributed by atoms with E-state index in [1.807, 2.05) is 6.92 Å². The van der Waals surface area contributed by atoms with E-state index in [0.717, 1.165) is 49.0 Å². The van der Waals surface area contributed by atoms with Crippen LogP contribution in [0, 0.1) is 0 Å². The summed E-state index contributed by atoms with van der Waals surface area (Å²) >= 11 is 0. The fourth-order valence-corrected chi connectivity index (χ4v) is 4.68. The number of benzene rings is 1. The van der Waals surface area contributed by atoms with Crippen molar-refractivity contribution in [2.24, 2.45) is 0 Å². The van der Waals surface area contributed by atoms with Crippen molar-refractivity contribution in [2.75, 3.05) is 5.32 Å². The summed E-state index contributed by atoms with van der Waals surface area (Å²) in [6.45, 7) is 1.93. The number of nitrogens with one attached hydrogen (secondary N) is 1. The zero-order valence-electron chi connectivity index (χ0n) is 15.0. The topological polar surface area (TPSA) is 63.0 Å². The molecule has 0 spiro atoms. The van der Waals surface area contributed by atoms with Gasteiger partial charge in [-0.25, -0.2) is 9.97 Å². The van der Waals surface area contributed by atoms with Gasteiger partial charge in [0.05, 0.1) is 17.0 Å². The van der Waals surface area contributed by atoms with Crippen LogP contribution in [0.15, 0.2) is 42.9 Å². The maximum absolute atomic E-state index is 10.3. The minimum absolute atomic E-state index is 0.303. The van der Waals surface area contributed by atoms with Crippen LogP contribution in [-0.2, 0) is 6.42 Å².